The van der Waals surface area contributed by atoms with Crippen LogP contribution < -0.4 is 17.0 Å². The van der Waals surface area contributed by atoms with E-state index >= 15 is 0 Å². The van der Waals surface area contributed by atoms with E-state index in [-0.39, 0.29) is 64.1 Å². The number of rotatable bonds is 4. The minimum atomic E-state index is -0.203. The second-order valence-electron chi connectivity index (χ2n) is 15.9. The highest BCUT2D eigenvalue weighted by atomic mass is 79.9. The van der Waals surface area contributed by atoms with Crippen molar-refractivity contribution >= 4 is 11.9 Å². The summed E-state index contributed by atoms with van der Waals surface area (Å²) in [5.74, 6) is 2.24. The zero-order valence-electron chi connectivity index (χ0n) is 26.9. The molecular weight excluding hydrogens is 596 g/mol. The number of likely N-dealkylation sites (N-methyl/N-ethyl adjacent to an activating group) is 1. The van der Waals surface area contributed by atoms with Gasteiger partial charge in [0.2, 0.25) is 0 Å². The number of carbonyl (C=O) groups excluding carboxylic acids is 2. The quantitative estimate of drug-likeness (QED) is 0.370. The Morgan fingerprint density at radius 2 is 1.52 bits per heavy atom. The normalized spacial score (nSPS) is 45.5. The third-order valence-corrected chi connectivity index (χ3v) is 13.8. The smallest absolute Gasteiger partial charge is 0.303 e. The summed E-state index contributed by atoms with van der Waals surface area (Å²) < 4.78 is 13.5. The monoisotopic (exact) mass is 652 g/mol. The van der Waals surface area contributed by atoms with Gasteiger partial charge in [0.05, 0.1) is 26.2 Å². The van der Waals surface area contributed by atoms with Gasteiger partial charge in [-0.2, -0.15) is 0 Å². The van der Waals surface area contributed by atoms with E-state index in [0.29, 0.717) is 29.7 Å². The molecule has 0 radical (unpaired) electrons. The molecular formula is C34H57BrN2O5. The van der Waals surface area contributed by atoms with Gasteiger partial charge in [-0.25, -0.2) is 0 Å². The highest BCUT2D eigenvalue weighted by Crippen LogP contribution is 2.67. The largest absolute Gasteiger partial charge is 1.00 e. The number of likely N-dealkylation sites (tertiary alicyclic amines) is 2. The lowest BCUT2D eigenvalue weighted by molar-refractivity contribution is -0.940. The Kier molecular flexibility index (Phi) is 9.53. The van der Waals surface area contributed by atoms with E-state index in [0.717, 1.165) is 49.7 Å². The van der Waals surface area contributed by atoms with Crippen molar-refractivity contribution in [2.24, 2.45) is 34.5 Å². The molecule has 2 saturated heterocycles. The highest BCUT2D eigenvalue weighted by Gasteiger charge is 2.67. The minimum absolute atomic E-state index is 0. The standard InChI is InChI=1S/C34H57N2O5.BrH/c1-22(37)40-31-19-24-9-10-26-27(34(24,4)21-29(31)35-15-12-25(39)13-16-35)11-14-33(3)28(26)20-30(32(33)41-23(2)38)36(5)17-7-6-8-18-36;/h24-32,39H,6-21H2,1-5H3;1H/q+1;/p-1/t24-,26?,27?,28?,29-,30-,31-,32-,33-,34-;/m0./s1. The van der Waals surface area contributed by atoms with Crippen LogP contribution in [-0.4, -0.2) is 90.1 Å². The van der Waals surface area contributed by atoms with Crippen molar-refractivity contribution in [1.82, 2.24) is 4.90 Å². The van der Waals surface area contributed by atoms with Gasteiger partial charge in [0, 0.05) is 44.8 Å². The van der Waals surface area contributed by atoms with Gasteiger partial charge in [0.1, 0.15) is 12.1 Å². The molecule has 10 atom stereocenters. The highest BCUT2D eigenvalue weighted by molar-refractivity contribution is 5.66. The Morgan fingerprint density at radius 1 is 0.857 bits per heavy atom. The summed E-state index contributed by atoms with van der Waals surface area (Å²) >= 11 is 0. The topological polar surface area (TPSA) is 76.1 Å². The van der Waals surface area contributed by atoms with E-state index < -0.39 is 0 Å². The maximum Gasteiger partial charge on any atom is 0.303 e. The van der Waals surface area contributed by atoms with Crippen molar-refractivity contribution in [3.63, 3.8) is 0 Å². The van der Waals surface area contributed by atoms with E-state index in [2.05, 4.69) is 25.8 Å². The number of halogens is 1. The Balaban J connectivity index is 0.00000353. The van der Waals surface area contributed by atoms with Crippen LogP contribution in [-0.2, 0) is 19.1 Å². The number of nitrogens with zero attached hydrogens (tertiary/aromatic N) is 2. The van der Waals surface area contributed by atoms with Crippen LogP contribution in [0.1, 0.15) is 105 Å². The van der Waals surface area contributed by atoms with Crippen molar-refractivity contribution in [1.29, 1.82) is 0 Å². The number of carbonyl (C=O) groups is 2. The van der Waals surface area contributed by atoms with E-state index in [1.165, 1.54) is 58.0 Å². The summed E-state index contributed by atoms with van der Waals surface area (Å²) in [5, 5.41) is 10.2. The number of hydrogen-bond donors (Lipinski definition) is 1. The van der Waals surface area contributed by atoms with E-state index in [9.17, 15) is 14.7 Å². The van der Waals surface area contributed by atoms with Crippen molar-refractivity contribution < 1.29 is 45.6 Å². The van der Waals surface area contributed by atoms with Crippen molar-refractivity contribution in [2.45, 2.75) is 135 Å². The third-order valence-electron chi connectivity index (χ3n) is 13.8. The van der Waals surface area contributed by atoms with Crippen LogP contribution >= 0.6 is 0 Å². The predicted octanol–water partition coefficient (Wildman–Crippen LogP) is 1.94. The third kappa shape index (κ3) is 5.62. The molecule has 8 heteroatoms. The first-order valence-electron chi connectivity index (χ1n) is 17.1. The van der Waals surface area contributed by atoms with Gasteiger partial charge in [0.15, 0.2) is 6.10 Å². The number of esters is 2. The first-order chi connectivity index (χ1) is 19.4. The van der Waals surface area contributed by atoms with E-state index in [4.69, 9.17) is 9.47 Å². The first-order valence-corrected chi connectivity index (χ1v) is 17.1. The van der Waals surface area contributed by atoms with Crippen molar-refractivity contribution in [3.8, 4) is 0 Å². The molecule has 2 aliphatic heterocycles. The van der Waals surface area contributed by atoms with Gasteiger partial charge in [-0.1, -0.05) is 13.8 Å². The molecule has 0 spiro atoms. The summed E-state index contributed by atoms with van der Waals surface area (Å²) in [4.78, 5) is 27.2. The fourth-order valence-electron chi connectivity index (χ4n) is 11.7. The van der Waals surface area contributed by atoms with Crippen LogP contribution in [0.15, 0.2) is 0 Å². The number of aliphatic hydroxyl groups is 1. The molecule has 0 bridgehead atoms. The van der Waals surface area contributed by atoms with Crippen molar-refractivity contribution in [3.05, 3.63) is 0 Å². The van der Waals surface area contributed by atoms with Gasteiger partial charge in [-0.15, -0.1) is 0 Å². The molecule has 6 aliphatic rings. The fraction of sp³-hybridized carbons (Fsp3) is 0.941. The van der Waals surface area contributed by atoms with Crippen LogP contribution in [0.4, 0.5) is 0 Å². The molecule has 42 heavy (non-hydrogen) atoms. The maximum atomic E-state index is 12.5. The SMILES string of the molecule is CC(=O)O[C@H]1C[C@@H]2CCC3C4C[C@H]([N+]5(C)CCCCC5)[C@H](OC(C)=O)[C@@]4(C)CCC3[C@@]2(C)C[C@@H]1N1CCC(O)CC1.[Br-]. The summed E-state index contributed by atoms with van der Waals surface area (Å²) in [6, 6.07) is 0.647. The fourth-order valence-corrected chi connectivity index (χ4v) is 11.7. The lowest BCUT2D eigenvalue weighted by atomic mass is 9.44. The summed E-state index contributed by atoms with van der Waals surface area (Å²) in [6.07, 6.45) is 13.4. The Bertz CT molecular complexity index is 996. The molecule has 2 heterocycles. The molecule has 3 unspecified atom stereocenters. The zero-order chi connectivity index (χ0) is 29.2. The molecule has 0 aromatic rings. The lowest BCUT2D eigenvalue weighted by Gasteiger charge is -2.62. The Morgan fingerprint density at radius 3 is 2.17 bits per heavy atom. The van der Waals surface area contributed by atoms with Gasteiger partial charge in [0.25, 0.3) is 0 Å². The van der Waals surface area contributed by atoms with E-state index in [1.54, 1.807) is 13.8 Å². The molecule has 0 amide bonds. The lowest BCUT2D eigenvalue weighted by Crippen LogP contribution is -3.00. The van der Waals surface area contributed by atoms with Crippen LogP contribution in [0.2, 0.25) is 0 Å². The summed E-state index contributed by atoms with van der Waals surface area (Å²) in [6.45, 7) is 12.4. The molecule has 0 aromatic carbocycles. The molecule has 0 aromatic heterocycles. The average molecular weight is 654 g/mol. The zero-order valence-corrected chi connectivity index (χ0v) is 28.4. The molecule has 4 aliphatic carbocycles. The van der Waals surface area contributed by atoms with Crippen LogP contribution in [0.5, 0.6) is 0 Å². The molecule has 4 saturated carbocycles. The number of fused-ring (bicyclic) bond motifs is 5. The average Bonchev–Trinajstić information content (AvgIpc) is 3.22. The second-order valence-corrected chi connectivity index (χ2v) is 15.9. The number of hydrogen-bond acceptors (Lipinski definition) is 6. The molecule has 240 valence electrons. The molecule has 1 N–H and O–H groups in total. The van der Waals surface area contributed by atoms with Crippen molar-refractivity contribution in [2.75, 3.05) is 33.2 Å². The molecule has 6 rings (SSSR count). The summed E-state index contributed by atoms with van der Waals surface area (Å²) in [5.41, 5.74) is 0.275. The van der Waals surface area contributed by atoms with Gasteiger partial charge < -0.3 is 36.0 Å². The van der Waals surface area contributed by atoms with Gasteiger partial charge >= 0.3 is 11.9 Å². The number of ether oxygens (including phenoxy) is 2. The van der Waals surface area contributed by atoms with Crippen LogP contribution in [0.25, 0.3) is 0 Å². The number of aliphatic hydroxyl groups excluding tert-OH is 1. The Hall–Kier alpha value is -0.700. The van der Waals surface area contributed by atoms with E-state index in [1.807, 2.05) is 0 Å². The summed E-state index contributed by atoms with van der Waals surface area (Å²) in [7, 11) is 2.45. The molecule has 6 fully saturated rings. The van der Waals surface area contributed by atoms with Crippen LogP contribution in [0.3, 0.4) is 0 Å². The minimum Gasteiger partial charge on any atom is -1.00 e. The van der Waals surface area contributed by atoms with Gasteiger partial charge in [-0.3, -0.25) is 14.5 Å². The first kappa shape index (κ1) is 32.7. The predicted molar refractivity (Wildman–Crippen MR) is 158 cm³/mol. The number of piperidine rings is 2. The van der Waals surface area contributed by atoms with Crippen LogP contribution in [0, 0.1) is 34.5 Å². The second kappa shape index (κ2) is 12.2. The maximum absolute atomic E-state index is 12.5. The van der Waals surface area contributed by atoms with Gasteiger partial charge in [-0.05, 0) is 99.7 Å². The molecule has 7 nitrogen and oxygen atoms in total. The Labute approximate surface area is 264 Å². The number of quaternary nitrogens is 1.